The van der Waals surface area contributed by atoms with Crippen LogP contribution in [-0.2, 0) is 19.4 Å². The molecule has 2 aliphatic rings. The molecule has 0 bridgehead atoms. The zero-order valence-corrected chi connectivity index (χ0v) is 18.8. The van der Waals surface area contributed by atoms with Gasteiger partial charge in [-0.15, -0.1) is 0 Å². The van der Waals surface area contributed by atoms with E-state index in [1.54, 1.807) is 6.20 Å². The molecule has 1 aliphatic heterocycles. The zero-order chi connectivity index (χ0) is 21.6. The number of piperidine rings is 1. The minimum Gasteiger partial charge on any atom is -0.390 e. The first kappa shape index (κ1) is 20.4. The number of anilines is 1. The van der Waals surface area contributed by atoms with Crippen molar-refractivity contribution in [2.24, 2.45) is 5.41 Å². The molecule has 1 spiro atoms. The number of halogens is 1. The molecule has 3 aromatic rings. The molecule has 5 rings (SSSR count). The second-order valence-electron chi connectivity index (χ2n) is 8.99. The third kappa shape index (κ3) is 3.60. The first-order valence-electron chi connectivity index (χ1n) is 10.9. The number of pyridine rings is 1. The molecule has 0 saturated carbocycles. The highest BCUT2D eigenvalue weighted by molar-refractivity contribution is 6.33. The smallest absolute Gasteiger partial charge is 0.153 e. The average molecular weight is 435 g/mol. The highest BCUT2D eigenvalue weighted by Gasteiger charge is 2.40. The molecule has 0 unspecified atom stereocenters. The van der Waals surface area contributed by atoms with Crippen LogP contribution in [0.15, 0.2) is 36.5 Å². The van der Waals surface area contributed by atoms with Crippen molar-refractivity contribution >= 4 is 17.4 Å². The molecule has 1 N–H and O–H groups in total. The van der Waals surface area contributed by atoms with Crippen LogP contribution in [0, 0.1) is 19.3 Å². The lowest BCUT2D eigenvalue weighted by atomic mass is 9.76. The first-order valence-corrected chi connectivity index (χ1v) is 11.3. The minimum atomic E-state index is -0.161. The van der Waals surface area contributed by atoms with Crippen molar-refractivity contribution in [2.75, 3.05) is 18.0 Å². The van der Waals surface area contributed by atoms with E-state index in [2.05, 4.69) is 34.1 Å². The van der Waals surface area contributed by atoms with E-state index in [4.69, 9.17) is 21.6 Å². The molecule has 6 heteroatoms. The average Bonchev–Trinajstić information content (AvgIpc) is 3.14. The Balaban J connectivity index is 1.40. The maximum absolute atomic E-state index is 10.1. The Morgan fingerprint density at radius 3 is 2.32 bits per heavy atom. The summed E-state index contributed by atoms with van der Waals surface area (Å²) < 4.78 is 0. The van der Waals surface area contributed by atoms with Crippen LogP contribution in [0.2, 0.25) is 5.02 Å². The van der Waals surface area contributed by atoms with Crippen LogP contribution >= 0.6 is 11.6 Å². The van der Waals surface area contributed by atoms with Gasteiger partial charge in [0.2, 0.25) is 0 Å². The maximum atomic E-state index is 10.1. The number of aliphatic hydroxyl groups excluding tert-OH is 1. The van der Waals surface area contributed by atoms with E-state index in [1.165, 1.54) is 24.0 Å². The highest BCUT2D eigenvalue weighted by atomic mass is 35.5. The molecule has 160 valence electrons. The summed E-state index contributed by atoms with van der Waals surface area (Å²) in [6.45, 7) is 5.58. The summed E-state index contributed by atoms with van der Waals surface area (Å²) in [6.07, 6.45) is 6.32. The number of rotatable bonds is 3. The van der Waals surface area contributed by atoms with Gasteiger partial charge in [-0.2, -0.15) is 0 Å². The normalized spacial score (nSPS) is 17.2. The summed E-state index contributed by atoms with van der Waals surface area (Å²) in [6, 6.07) is 10.7. The van der Waals surface area contributed by atoms with Gasteiger partial charge in [0, 0.05) is 19.3 Å². The molecular weight excluding hydrogens is 408 g/mol. The number of benzene rings is 1. The third-order valence-electron chi connectivity index (χ3n) is 6.95. The van der Waals surface area contributed by atoms with Gasteiger partial charge in [0.15, 0.2) is 5.82 Å². The SMILES string of the molecule is Cc1ccnc(-c2nc(CO)c(N3CCC4(CC3)Cc3ccccc3C4)nc2C)c1Cl. The first-order chi connectivity index (χ1) is 15.0. The molecule has 1 aromatic carbocycles. The summed E-state index contributed by atoms with van der Waals surface area (Å²) in [5.74, 6) is 0.790. The van der Waals surface area contributed by atoms with Crippen molar-refractivity contribution in [3.05, 3.63) is 69.6 Å². The van der Waals surface area contributed by atoms with E-state index in [-0.39, 0.29) is 6.61 Å². The van der Waals surface area contributed by atoms with Gasteiger partial charge < -0.3 is 10.0 Å². The lowest BCUT2D eigenvalue weighted by Crippen LogP contribution is -2.41. The summed E-state index contributed by atoms with van der Waals surface area (Å²) in [7, 11) is 0. The van der Waals surface area contributed by atoms with Crippen LogP contribution in [0.3, 0.4) is 0 Å². The van der Waals surface area contributed by atoms with Crippen molar-refractivity contribution in [3.63, 3.8) is 0 Å². The monoisotopic (exact) mass is 434 g/mol. The third-order valence-corrected chi connectivity index (χ3v) is 7.43. The van der Waals surface area contributed by atoms with Crippen molar-refractivity contribution in [1.29, 1.82) is 0 Å². The Morgan fingerprint density at radius 1 is 1.00 bits per heavy atom. The summed E-state index contributed by atoms with van der Waals surface area (Å²) >= 11 is 6.49. The van der Waals surface area contributed by atoms with E-state index in [0.717, 1.165) is 43.0 Å². The van der Waals surface area contributed by atoms with Crippen LogP contribution in [0.4, 0.5) is 5.82 Å². The Labute approximate surface area is 188 Å². The molecule has 2 aromatic heterocycles. The van der Waals surface area contributed by atoms with Gasteiger partial charge in [0.1, 0.15) is 17.1 Å². The predicted molar refractivity (Wildman–Crippen MR) is 123 cm³/mol. The molecule has 3 heterocycles. The van der Waals surface area contributed by atoms with Gasteiger partial charge >= 0.3 is 0 Å². The van der Waals surface area contributed by atoms with Crippen LogP contribution in [0.25, 0.3) is 11.4 Å². The van der Waals surface area contributed by atoms with Gasteiger partial charge in [0.25, 0.3) is 0 Å². The molecule has 1 fully saturated rings. The van der Waals surface area contributed by atoms with Crippen LogP contribution in [0.5, 0.6) is 0 Å². The number of hydrogen-bond acceptors (Lipinski definition) is 5. The molecule has 5 nitrogen and oxygen atoms in total. The summed E-state index contributed by atoms with van der Waals surface area (Å²) in [4.78, 5) is 16.3. The van der Waals surface area contributed by atoms with Gasteiger partial charge in [-0.1, -0.05) is 35.9 Å². The van der Waals surface area contributed by atoms with Crippen molar-refractivity contribution in [1.82, 2.24) is 15.0 Å². The zero-order valence-electron chi connectivity index (χ0n) is 18.0. The largest absolute Gasteiger partial charge is 0.390 e. The molecule has 0 amide bonds. The predicted octanol–water partition coefficient (Wildman–Crippen LogP) is 4.69. The topological polar surface area (TPSA) is 62.1 Å². The number of fused-ring (bicyclic) bond motifs is 1. The summed E-state index contributed by atoms with van der Waals surface area (Å²) in [5.41, 5.74) is 6.95. The molecule has 1 saturated heterocycles. The van der Waals surface area contributed by atoms with Crippen LogP contribution < -0.4 is 4.90 Å². The van der Waals surface area contributed by atoms with Crippen LogP contribution in [0.1, 0.15) is 40.9 Å². The Morgan fingerprint density at radius 2 is 1.68 bits per heavy atom. The van der Waals surface area contributed by atoms with E-state index in [1.807, 2.05) is 19.9 Å². The Bertz CT molecular complexity index is 1110. The van der Waals surface area contributed by atoms with Gasteiger partial charge in [-0.25, -0.2) is 9.97 Å². The Hall–Kier alpha value is -2.50. The number of aromatic nitrogens is 3. The van der Waals surface area contributed by atoms with Crippen molar-refractivity contribution in [2.45, 2.75) is 46.1 Å². The van der Waals surface area contributed by atoms with Crippen molar-refractivity contribution < 1.29 is 5.11 Å². The van der Waals surface area contributed by atoms with Crippen LogP contribution in [-0.4, -0.2) is 33.1 Å². The summed E-state index contributed by atoms with van der Waals surface area (Å²) in [5, 5.41) is 10.7. The fourth-order valence-corrected chi connectivity index (χ4v) is 5.35. The quantitative estimate of drug-likeness (QED) is 0.648. The number of hydrogen-bond donors (Lipinski definition) is 1. The second kappa shape index (κ2) is 7.88. The maximum Gasteiger partial charge on any atom is 0.153 e. The van der Waals surface area contributed by atoms with E-state index in [9.17, 15) is 5.11 Å². The standard InChI is InChI=1S/C25H27ClN4O/c1-16-7-10-27-23(21(16)26)22-17(2)28-24(20(15-31)29-22)30-11-8-25(9-12-30)13-18-5-3-4-6-19(18)14-25/h3-7,10,31H,8-9,11-15H2,1-2H3. The highest BCUT2D eigenvalue weighted by Crippen LogP contribution is 2.45. The number of nitrogens with zero attached hydrogens (tertiary/aromatic N) is 4. The molecule has 31 heavy (non-hydrogen) atoms. The minimum absolute atomic E-state index is 0.161. The fourth-order valence-electron chi connectivity index (χ4n) is 5.15. The Kier molecular flexibility index (Phi) is 5.19. The second-order valence-corrected chi connectivity index (χ2v) is 9.36. The number of aliphatic hydroxyl groups is 1. The van der Waals surface area contributed by atoms with Gasteiger partial charge in [-0.3, -0.25) is 4.98 Å². The van der Waals surface area contributed by atoms with Gasteiger partial charge in [0.05, 0.1) is 17.3 Å². The molecular formula is C25H27ClN4O. The lowest BCUT2D eigenvalue weighted by Gasteiger charge is -2.40. The van der Waals surface area contributed by atoms with E-state index >= 15 is 0 Å². The van der Waals surface area contributed by atoms with E-state index in [0.29, 0.717) is 27.5 Å². The van der Waals surface area contributed by atoms with E-state index < -0.39 is 0 Å². The molecule has 0 atom stereocenters. The lowest BCUT2D eigenvalue weighted by molar-refractivity contribution is 0.231. The fraction of sp³-hybridized carbons (Fsp3) is 0.400. The van der Waals surface area contributed by atoms with Crippen molar-refractivity contribution in [3.8, 4) is 11.4 Å². The van der Waals surface area contributed by atoms with Gasteiger partial charge in [-0.05, 0) is 67.7 Å². The number of aryl methyl sites for hydroxylation is 2. The molecule has 1 aliphatic carbocycles. The molecule has 0 radical (unpaired) electrons.